The van der Waals surface area contributed by atoms with Gasteiger partial charge in [0, 0.05) is 25.0 Å². The number of nitrogens with zero attached hydrogens (tertiary/aromatic N) is 1. The highest BCUT2D eigenvalue weighted by Crippen LogP contribution is 2.23. The fourth-order valence-electron chi connectivity index (χ4n) is 1.50. The van der Waals surface area contributed by atoms with E-state index < -0.39 is 5.91 Å². The Balaban J connectivity index is 0.00000361. The first-order valence-corrected chi connectivity index (χ1v) is 6.95. The number of likely N-dealkylation sites (N-methyl/N-ethyl adjacent to an activating group) is 2. The lowest BCUT2D eigenvalue weighted by Gasteiger charge is -2.18. The van der Waals surface area contributed by atoms with E-state index in [1.807, 2.05) is 25.2 Å². The van der Waals surface area contributed by atoms with Crippen molar-refractivity contribution in [1.29, 1.82) is 0 Å². The van der Waals surface area contributed by atoms with Gasteiger partial charge in [-0.2, -0.15) is 0 Å². The van der Waals surface area contributed by atoms with E-state index in [-0.39, 0.29) is 24.1 Å². The van der Waals surface area contributed by atoms with Crippen LogP contribution in [0.25, 0.3) is 0 Å². The second-order valence-electron chi connectivity index (χ2n) is 4.08. The molecule has 0 aliphatic rings. The second kappa shape index (κ2) is 9.63. The molecule has 0 fully saturated rings. The third-order valence-electron chi connectivity index (χ3n) is 2.53. The van der Waals surface area contributed by atoms with E-state index in [0.29, 0.717) is 12.1 Å². The molecule has 0 saturated heterocycles. The molecule has 0 spiro atoms. The predicted molar refractivity (Wildman–Crippen MR) is 84.5 cm³/mol. The number of nitrogens with one attached hydrogen (secondary N) is 1. The summed E-state index contributed by atoms with van der Waals surface area (Å²) in [7, 11) is 3.60. The van der Waals surface area contributed by atoms with Gasteiger partial charge in [0.15, 0.2) is 0 Å². The zero-order chi connectivity index (χ0) is 14.3. The van der Waals surface area contributed by atoms with Gasteiger partial charge in [-0.15, -0.1) is 24.2 Å². The van der Waals surface area contributed by atoms with Crippen molar-refractivity contribution in [2.75, 3.05) is 32.9 Å². The van der Waals surface area contributed by atoms with Crippen molar-refractivity contribution < 1.29 is 9.59 Å². The minimum Gasteiger partial charge on any atom is -0.369 e. The predicted octanol–water partition coefficient (Wildman–Crippen LogP) is 0.977. The standard InChI is InChI=1S/C13H19N3O2S.ClH/c1-15-7-8-16(2)13(18)10-5-3-4-6-11(10)19-9-12(14)17;/h3-6,15H,7-9H2,1-2H3,(H2,14,17);1H. The molecule has 0 bridgehead atoms. The zero-order valence-electron chi connectivity index (χ0n) is 11.6. The fraction of sp³-hybridized carbons (Fsp3) is 0.385. The first-order valence-electron chi connectivity index (χ1n) is 5.96. The smallest absolute Gasteiger partial charge is 0.254 e. The van der Waals surface area contributed by atoms with E-state index in [1.54, 1.807) is 18.0 Å². The van der Waals surface area contributed by atoms with Crippen molar-refractivity contribution >= 4 is 36.0 Å². The monoisotopic (exact) mass is 317 g/mol. The number of amides is 2. The van der Waals surface area contributed by atoms with Gasteiger partial charge >= 0.3 is 0 Å². The molecule has 1 aromatic rings. The Morgan fingerprint density at radius 2 is 2.00 bits per heavy atom. The van der Waals surface area contributed by atoms with Crippen molar-refractivity contribution in [2.24, 2.45) is 5.73 Å². The Morgan fingerprint density at radius 1 is 1.35 bits per heavy atom. The van der Waals surface area contributed by atoms with Gasteiger partial charge in [-0.1, -0.05) is 12.1 Å². The summed E-state index contributed by atoms with van der Waals surface area (Å²) in [6.45, 7) is 1.36. The Bertz CT molecular complexity index is 457. The maximum atomic E-state index is 12.3. The highest BCUT2D eigenvalue weighted by Gasteiger charge is 2.15. The van der Waals surface area contributed by atoms with Gasteiger partial charge in [0.1, 0.15) is 0 Å². The molecule has 7 heteroatoms. The van der Waals surface area contributed by atoms with Gasteiger partial charge in [0.05, 0.1) is 11.3 Å². The van der Waals surface area contributed by atoms with Gasteiger partial charge in [0.25, 0.3) is 5.91 Å². The molecule has 0 aromatic heterocycles. The highest BCUT2D eigenvalue weighted by atomic mass is 35.5. The number of thioether (sulfide) groups is 1. The molecule has 1 rings (SSSR count). The average molecular weight is 318 g/mol. The summed E-state index contributed by atoms with van der Waals surface area (Å²) in [6, 6.07) is 7.25. The number of carbonyl (C=O) groups is 2. The number of hydrogen-bond donors (Lipinski definition) is 2. The molecule has 3 N–H and O–H groups in total. The first kappa shape index (κ1) is 18.8. The second-order valence-corrected chi connectivity index (χ2v) is 5.10. The molecule has 20 heavy (non-hydrogen) atoms. The van der Waals surface area contributed by atoms with E-state index >= 15 is 0 Å². The van der Waals surface area contributed by atoms with Gasteiger partial charge in [-0.05, 0) is 19.2 Å². The fourth-order valence-corrected chi connectivity index (χ4v) is 2.29. The van der Waals surface area contributed by atoms with Crippen LogP contribution in [0.2, 0.25) is 0 Å². The number of primary amides is 1. The summed E-state index contributed by atoms with van der Waals surface area (Å²) in [5.41, 5.74) is 5.73. The molecule has 0 unspecified atom stereocenters. The van der Waals surface area contributed by atoms with E-state index in [4.69, 9.17) is 5.73 Å². The highest BCUT2D eigenvalue weighted by molar-refractivity contribution is 8.00. The van der Waals surface area contributed by atoms with Crippen LogP contribution in [0.4, 0.5) is 0 Å². The van der Waals surface area contributed by atoms with Crippen molar-refractivity contribution in [3.8, 4) is 0 Å². The van der Waals surface area contributed by atoms with Gasteiger partial charge in [-0.25, -0.2) is 0 Å². The number of rotatable bonds is 7. The summed E-state index contributed by atoms with van der Waals surface area (Å²) < 4.78 is 0. The van der Waals surface area contributed by atoms with Crippen LogP contribution in [0.3, 0.4) is 0 Å². The van der Waals surface area contributed by atoms with Crippen molar-refractivity contribution in [3.05, 3.63) is 29.8 Å². The lowest BCUT2D eigenvalue weighted by Crippen LogP contribution is -2.33. The van der Waals surface area contributed by atoms with Gasteiger partial charge in [0.2, 0.25) is 5.91 Å². The molecular weight excluding hydrogens is 298 g/mol. The molecule has 2 amide bonds. The van der Waals surface area contributed by atoms with E-state index in [0.717, 1.165) is 11.4 Å². The van der Waals surface area contributed by atoms with Crippen LogP contribution in [-0.2, 0) is 4.79 Å². The van der Waals surface area contributed by atoms with Crippen LogP contribution < -0.4 is 11.1 Å². The molecule has 0 saturated carbocycles. The van der Waals surface area contributed by atoms with Crippen LogP contribution in [0.1, 0.15) is 10.4 Å². The molecule has 0 atom stereocenters. The molecule has 5 nitrogen and oxygen atoms in total. The topological polar surface area (TPSA) is 75.4 Å². The molecule has 1 aromatic carbocycles. The molecule has 0 radical (unpaired) electrons. The Morgan fingerprint density at radius 3 is 2.60 bits per heavy atom. The summed E-state index contributed by atoms with van der Waals surface area (Å²) in [5.74, 6) is -0.275. The maximum Gasteiger partial charge on any atom is 0.254 e. The third kappa shape index (κ3) is 5.81. The van der Waals surface area contributed by atoms with Crippen LogP contribution in [0, 0.1) is 0 Å². The summed E-state index contributed by atoms with van der Waals surface area (Å²) in [6.07, 6.45) is 0. The Kier molecular flexibility index (Phi) is 9.03. The first-order chi connectivity index (χ1) is 9.06. The number of hydrogen-bond acceptors (Lipinski definition) is 4. The minimum absolute atomic E-state index is 0. The molecule has 112 valence electrons. The molecule has 0 aliphatic carbocycles. The van der Waals surface area contributed by atoms with Crippen LogP contribution in [0.5, 0.6) is 0 Å². The van der Waals surface area contributed by atoms with Crippen molar-refractivity contribution in [3.63, 3.8) is 0 Å². The van der Waals surface area contributed by atoms with Crippen LogP contribution in [0.15, 0.2) is 29.2 Å². The Labute approximate surface area is 129 Å². The number of nitrogens with two attached hydrogens (primary N) is 1. The third-order valence-corrected chi connectivity index (χ3v) is 3.63. The lowest BCUT2D eigenvalue weighted by molar-refractivity contribution is -0.115. The van der Waals surface area contributed by atoms with E-state index in [9.17, 15) is 9.59 Å². The summed E-state index contributed by atoms with van der Waals surface area (Å²) in [5, 5.41) is 3.00. The largest absolute Gasteiger partial charge is 0.369 e. The molecular formula is C13H20ClN3O2S. The number of halogens is 1. The average Bonchev–Trinajstić information content (AvgIpc) is 2.42. The number of benzene rings is 1. The van der Waals surface area contributed by atoms with Gasteiger partial charge in [-0.3, -0.25) is 9.59 Å². The van der Waals surface area contributed by atoms with Gasteiger partial charge < -0.3 is 16.0 Å². The normalized spacial score (nSPS) is 9.70. The number of carbonyl (C=O) groups excluding carboxylic acids is 2. The maximum absolute atomic E-state index is 12.3. The van der Waals surface area contributed by atoms with Crippen molar-refractivity contribution in [2.45, 2.75) is 4.90 Å². The molecule has 0 heterocycles. The van der Waals surface area contributed by atoms with E-state index in [1.165, 1.54) is 11.8 Å². The van der Waals surface area contributed by atoms with E-state index in [2.05, 4.69) is 5.32 Å². The molecule has 0 aliphatic heterocycles. The lowest BCUT2D eigenvalue weighted by atomic mass is 10.2. The van der Waals surface area contributed by atoms with Crippen molar-refractivity contribution in [1.82, 2.24) is 10.2 Å². The summed E-state index contributed by atoms with van der Waals surface area (Å²) >= 11 is 1.29. The van der Waals surface area contributed by atoms with Crippen LogP contribution >= 0.6 is 24.2 Å². The quantitative estimate of drug-likeness (QED) is 0.735. The minimum atomic E-state index is -0.393. The summed E-state index contributed by atoms with van der Waals surface area (Å²) in [4.78, 5) is 25.5. The Hall–Kier alpha value is -1.24. The SMILES string of the molecule is CNCCN(C)C(=O)c1ccccc1SCC(N)=O.Cl. The zero-order valence-corrected chi connectivity index (χ0v) is 13.2. The van der Waals surface area contributed by atoms with Crippen LogP contribution in [-0.4, -0.2) is 49.7 Å².